The number of benzene rings is 2. The number of carboxylic acids is 1. The van der Waals surface area contributed by atoms with E-state index in [4.69, 9.17) is 38.3 Å². The van der Waals surface area contributed by atoms with E-state index in [1.807, 2.05) is 13.0 Å². The molecule has 3 rings (SSSR count). The number of allylic oxidation sites excluding steroid dienone is 2. The molecule has 80 heavy (non-hydrogen) atoms. The van der Waals surface area contributed by atoms with E-state index in [0.29, 0.717) is 41.7 Å². The third-order valence-electron chi connectivity index (χ3n) is 14.7. The number of hydrogen-bond acceptors (Lipinski definition) is 14. The highest BCUT2D eigenvalue weighted by atomic mass is 16.6. The van der Waals surface area contributed by atoms with Crippen LogP contribution in [0.2, 0.25) is 0 Å². The summed E-state index contributed by atoms with van der Waals surface area (Å²) >= 11 is 0. The van der Waals surface area contributed by atoms with Gasteiger partial charge in [0.05, 0.1) is 20.0 Å². The van der Waals surface area contributed by atoms with Gasteiger partial charge in [0, 0.05) is 36.8 Å². The topological polar surface area (TPSA) is 204 Å². The fraction of sp³-hybridized carbons (Fsp3) is 0.677. The molecule has 1 aliphatic heterocycles. The van der Waals surface area contributed by atoms with Crippen molar-refractivity contribution in [2.24, 2.45) is 0 Å². The summed E-state index contributed by atoms with van der Waals surface area (Å²) < 4.78 is 39.0. The van der Waals surface area contributed by atoms with Gasteiger partial charge >= 0.3 is 41.8 Å². The Hall–Kier alpha value is -5.73. The molecular weight excluding hydrogens is 1020 g/mol. The van der Waals surface area contributed by atoms with Gasteiger partial charge in [-0.2, -0.15) is 0 Å². The van der Waals surface area contributed by atoms with Gasteiger partial charge < -0.3 is 38.3 Å². The van der Waals surface area contributed by atoms with E-state index >= 15 is 0 Å². The van der Waals surface area contributed by atoms with Crippen LogP contribution in [0.4, 0.5) is 0 Å². The molecule has 0 saturated carbocycles. The number of cyclic esters (lactones) is 1. The number of ether oxygens (including phenoxy) is 7. The third-order valence-corrected chi connectivity index (χ3v) is 14.7. The molecule has 0 fully saturated rings. The molecule has 0 unspecified atom stereocenters. The van der Waals surface area contributed by atoms with Crippen molar-refractivity contribution in [2.75, 3.05) is 20.3 Å². The maximum atomic E-state index is 13.4. The van der Waals surface area contributed by atoms with Crippen molar-refractivity contribution in [3.63, 3.8) is 0 Å². The number of unbranched alkanes of at least 4 members (excludes halogenated alkanes) is 24. The van der Waals surface area contributed by atoms with Crippen LogP contribution in [0.3, 0.4) is 0 Å². The van der Waals surface area contributed by atoms with Crippen molar-refractivity contribution in [1.82, 2.24) is 0 Å². The van der Waals surface area contributed by atoms with Gasteiger partial charge in [-0.15, -0.1) is 0 Å². The summed E-state index contributed by atoms with van der Waals surface area (Å²) in [5.41, 5.74) is 3.42. The van der Waals surface area contributed by atoms with Crippen LogP contribution in [0.1, 0.15) is 265 Å². The van der Waals surface area contributed by atoms with Gasteiger partial charge in [0.1, 0.15) is 36.9 Å². The second-order valence-corrected chi connectivity index (χ2v) is 21.6. The number of esters is 6. The number of carbonyl (C=O) groups excluding carboxylic acids is 6. The second-order valence-electron chi connectivity index (χ2n) is 21.6. The standard InChI is InChI=1S/C65H98O15/c1-6-8-10-12-14-16-18-20-22-24-26-28-30-32-57(68)75-46-53(47-76-58(69)33-31-29-27-25-23-21-19-17-15-13-11-9-7-2)79-60(71)45-44-59(70)78-52-39-36-51(37-40-52)38-43-61(72)80-64-54(41-34-49(3)35-42-56(66)67)63(74-5)50(4)55-48-77-65(73)62(55)64/h34,36-37,39-40,53H,6-33,35,38,41-48H2,1-5H3,(H,66,67)/b49-34+. The summed E-state index contributed by atoms with van der Waals surface area (Å²) in [5, 5.41) is 9.13. The lowest BCUT2D eigenvalue weighted by molar-refractivity contribution is -0.167. The lowest BCUT2D eigenvalue weighted by Crippen LogP contribution is -2.31. The van der Waals surface area contributed by atoms with Crippen LogP contribution >= 0.6 is 0 Å². The molecule has 0 aliphatic carbocycles. The molecule has 0 amide bonds. The fourth-order valence-electron chi connectivity index (χ4n) is 9.78. The van der Waals surface area contributed by atoms with Crippen LogP contribution in [-0.4, -0.2) is 73.3 Å². The summed E-state index contributed by atoms with van der Waals surface area (Å²) in [6, 6.07) is 6.51. The van der Waals surface area contributed by atoms with Crippen LogP contribution in [0.25, 0.3) is 0 Å². The number of hydrogen-bond donors (Lipinski definition) is 1. The summed E-state index contributed by atoms with van der Waals surface area (Å²) in [4.78, 5) is 88.8. The Bertz CT molecular complexity index is 2150. The van der Waals surface area contributed by atoms with Crippen molar-refractivity contribution in [2.45, 2.75) is 265 Å². The number of aryl methyl sites for hydroxylation is 1. The molecule has 15 nitrogen and oxygen atoms in total. The number of aliphatic carboxylic acids is 1. The highest BCUT2D eigenvalue weighted by Crippen LogP contribution is 2.43. The van der Waals surface area contributed by atoms with Gasteiger partial charge in [0.2, 0.25) is 0 Å². The highest BCUT2D eigenvalue weighted by Gasteiger charge is 2.34. The van der Waals surface area contributed by atoms with Gasteiger partial charge in [-0.1, -0.05) is 192 Å². The minimum Gasteiger partial charge on any atom is -0.496 e. The maximum absolute atomic E-state index is 13.4. The van der Waals surface area contributed by atoms with E-state index in [2.05, 4.69) is 13.8 Å². The lowest BCUT2D eigenvalue weighted by Gasteiger charge is -2.19. The van der Waals surface area contributed by atoms with Crippen molar-refractivity contribution in [3.05, 3.63) is 63.7 Å². The minimum absolute atomic E-state index is 0.00656. The van der Waals surface area contributed by atoms with Crippen molar-refractivity contribution >= 4 is 41.8 Å². The van der Waals surface area contributed by atoms with E-state index in [1.165, 1.54) is 123 Å². The summed E-state index contributed by atoms with van der Waals surface area (Å²) in [6.07, 6.45) is 32.3. The largest absolute Gasteiger partial charge is 0.496 e. The molecule has 0 atom stereocenters. The number of carbonyl (C=O) groups is 7. The predicted octanol–water partition coefficient (Wildman–Crippen LogP) is 15.2. The monoisotopic (exact) mass is 1120 g/mol. The second kappa shape index (κ2) is 42.2. The van der Waals surface area contributed by atoms with E-state index in [9.17, 15) is 33.6 Å². The zero-order valence-electron chi connectivity index (χ0n) is 49.5. The Labute approximate surface area is 478 Å². The molecule has 1 heterocycles. The first-order valence-corrected chi connectivity index (χ1v) is 30.5. The Kier molecular flexibility index (Phi) is 36.1. The number of fused-ring (bicyclic) bond motifs is 1. The first kappa shape index (κ1) is 68.5. The van der Waals surface area contributed by atoms with Crippen molar-refractivity contribution in [1.29, 1.82) is 0 Å². The van der Waals surface area contributed by atoms with Crippen LogP contribution in [0.15, 0.2) is 35.9 Å². The Morgan fingerprint density at radius 2 is 1.02 bits per heavy atom. The Morgan fingerprint density at radius 3 is 1.50 bits per heavy atom. The van der Waals surface area contributed by atoms with Crippen LogP contribution in [-0.2, 0) is 67.2 Å². The quantitative estimate of drug-likeness (QED) is 0.0215. The average Bonchev–Trinajstić information content (AvgIpc) is 3.89. The van der Waals surface area contributed by atoms with Gasteiger partial charge in [-0.05, 0) is 69.2 Å². The van der Waals surface area contributed by atoms with E-state index in [-0.39, 0.29) is 88.2 Å². The van der Waals surface area contributed by atoms with Crippen molar-refractivity contribution in [3.8, 4) is 17.2 Å². The average molecular weight is 1120 g/mol. The van der Waals surface area contributed by atoms with Gasteiger partial charge in [0.25, 0.3) is 0 Å². The fourth-order valence-corrected chi connectivity index (χ4v) is 9.78. The smallest absolute Gasteiger partial charge is 0.342 e. The minimum atomic E-state index is -1.04. The van der Waals surface area contributed by atoms with Crippen LogP contribution < -0.4 is 14.2 Å². The SMILES string of the molecule is CCCCCCCCCCCCCCCC(=O)OCC(COC(=O)CCCCCCCCCCCCCCC)OC(=O)CCC(=O)Oc1ccc(CCC(=O)Oc2c(C/C=C(\C)CCC(=O)O)c(OC)c(C)c3c2C(=O)OC3)cc1. The van der Waals surface area contributed by atoms with Gasteiger partial charge in [0.15, 0.2) is 11.9 Å². The molecule has 0 aromatic heterocycles. The van der Waals surface area contributed by atoms with Crippen LogP contribution in [0.5, 0.6) is 17.2 Å². The number of carboxylic acid groups (broad SMARTS) is 1. The predicted molar refractivity (Wildman–Crippen MR) is 309 cm³/mol. The first-order chi connectivity index (χ1) is 38.8. The molecule has 1 aliphatic rings. The molecule has 0 radical (unpaired) electrons. The molecule has 0 spiro atoms. The molecule has 0 bridgehead atoms. The molecule has 0 saturated heterocycles. The van der Waals surface area contributed by atoms with Crippen molar-refractivity contribution < 1.29 is 71.8 Å². The maximum Gasteiger partial charge on any atom is 0.342 e. The van der Waals surface area contributed by atoms with E-state index < -0.39 is 47.9 Å². The molecule has 448 valence electrons. The molecule has 15 heteroatoms. The Morgan fingerprint density at radius 1 is 0.562 bits per heavy atom. The summed E-state index contributed by atoms with van der Waals surface area (Å²) in [7, 11) is 1.49. The third kappa shape index (κ3) is 29.6. The number of rotatable bonds is 47. The van der Waals surface area contributed by atoms with E-state index in [0.717, 1.165) is 49.7 Å². The molecule has 2 aromatic rings. The zero-order valence-corrected chi connectivity index (χ0v) is 49.5. The normalized spacial score (nSPS) is 12.0. The highest BCUT2D eigenvalue weighted by molar-refractivity contribution is 5.99. The van der Waals surface area contributed by atoms with Gasteiger partial charge in [-0.25, -0.2) is 4.79 Å². The first-order valence-electron chi connectivity index (χ1n) is 30.5. The lowest BCUT2D eigenvalue weighted by atomic mass is 9.94. The van der Waals surface area contributed by atoms with Crippen LogP contribution in [0, 0.1) is 6.92 Å². The molecule has 2 aromatic carbocycles. The molecular formula is C65H98O15. The molecule has 1 N–H and O–H groups in total. The Balaban J connectivity index is 1.46. The van der Waals surface area contributed by atoms with Gasteiger partial charge in [-0.3, -0.25) is 28.8 Å². The summed E-state index contributed by atoms with van der Waals surface area (Å²) in [6.45, 7) is 7.53. The number of methoxy groups -OCH3 is 1. The zero-order chi connectivity index (χ0) is 58.2. The van der Waals surface area contributed by atoms with E-state index in [1.54, 1.807) is 31.2 Å². The summed E-state index contributed by atoms with van der Waals surface area (Å²) in [5.74, 6) is -3.69.